The van der Waals surface area contributed by atoms with E-state index in [9.17, 15) is 9.59 Å². The number of nitrogens with one attached hydrogen (secondary N) is 1. The summed E-state index contributed by atoms with van der Waals surface area (Å²) in [5.74, 6) is 0.104. The predicted molar refractivity (Wildman–Crippen MR) is 138 cm³/mol. The zero-order chi connectivity index (χ0) is 24.1. The molecule has 4 rings (SSSR count). The van der Waals surface area contributed by atoms with E-state index < -0.39 is 0 Å². The first-order valence-corrected chi connectivity index (χ1v) is 12.7. The second kappa shape index (κ2) is 11.0. The van der Waals surface area contributed by atoms with Crippen molar-refractivity contribution < 1.29 is 9.59 Å². The molecule has 0 spiro atoms. The van der Waals surface area contributed by atoms with Crippen molar-refractivity contribution in [2.45, 2.75) is 51.1 Å². The normalized spacial score (nSPS) is 18.0. The molecule has 0 aromatic heterocycles. The average molecular weight is 463 g/mol. The highest BCUT2D eigenvalue weighted by Gasteiger charge is 2.28. The van der Waals surface area contributed by atoms with Gasteiger partial charge in [0.25, 0.3) is 11.8 Å². The highest BCUT2D eigenvalue weighted by atomic mass is 16.2. The van der Waals surface area contributed by atoms with Crippen molar-refractivity contribution in [1.29, 1.82) is 0 Å². The maximum Gasteiger partial charge on any atom is 0.255 e. The summed E-state index contributed by atoms with van der Waals surface area (Å²) < 4.78 is 0. The summed E-state index contributed by atoms with van der Waals surface area (Å²) in [5, 5.41) is 3.20. The molecule has 2 heterocycles. The van der Waals surface area contributed by atoms with Gasteiger partial charge in [-0.15, -0.1) is 0 Å². The van der Waals surface area contributed by atoms with E-state index >= 15 is 0 Å². The lowest BCUT2D eigenvalue weighted by Gasteiger charge is -2.37. The number of para-hydroxylation sites is 1. The Labute approximate surface area is 203 Å². The number of anilines is 1. The molecule has 0 aliphatic carbocycles. The van der Waals surface area contributed by atoms with Crippen LogP contribution in [0.15, 0.2) is 48.5 Å². The molecule has 1 N–H and O–H groups in total. The molecule has 2 aromatic rings. The molecule has 0 atom stereocenters. The van der Waals surface area contributed by atoms with Gasteiger partial charge in [0, 0.05) is 43.5 Å². The molecule has 2 aliphatic rings. The van der Waals surface area contributed by atoms with Gasteiger partial charge in [0.1, 0.15) is 0 Å². The van der Waals surface area contributed by atoms with Crippen molar-refractivity contribution in [3.05, 3.63) is 65.2 Å². The van der Waals surface area contributed by atoms with E-state index in [4.69, 9.17) is 0 Å². The number of hydrogen-bond donors (Lipinski definition) is 1. The van der Waals surface area contributed by atoms with Crippen molar-refractivity contribution in [3.8, 4) is 0 Å². The Morgan fingerprint density at radius 2 is 1.59 bits per heavy atom. The minimum absolute atomic E-state index is 0.00330. The number of hydrogen-bond acceptors (Lipinski definition) is 4. The fourth-order valence-electron chi connectivity index (χ4n) is 5.09. The molecule has 0 saturated carbocycles. The van der Waals surface area contributed by atoms with Crippen molar-refractivity contribution >= 4 is 17.5 Å². The average Bonchev–Trinajstić information content (AvgIpc) is 2.89. The number of nitrogens with zero attached hydrogens (tertiary/aromatic N) is 3. The number of aryl methyl sites for hydroxylation is 1. The Morgan fingerprint density at radius 1 is 0.941 bits per heavy atom. The number of carbonyl (C=O) groups is 2. The van der Waals surface area contributed by atoms with Crippen LogP contribution >= 0.6 is 0 Å². The second-order valence-corrected chi connectivity index (χ2v) is 9.75. The van der Waals surface area contributed by atoms with Crippen LogP contribution in [0.25, 0.3) is 0 Å². The first-order chi connectivity index (χ1) is 16.5. The van der Waals surface area contributed by atoms with Gasteiger partial charge in [-0.25, -0.2) is 0 Å². The topological polar surface area (TPSA) is 55.9 Å². The molecule has 34 heavy (non-hydrogen) atoms. The van der Waals surface area contributed by atoms with Gasteiger partial charge < -0.3 is 20.0 Å². The van der Waals surface area contributed by atoms with Gasteiger partial charge in [0.2, 0.25) is 0 Å². The van der Waals surface area contributed by atoms with Gasteiger partial charge in [0.15, 0.2) is 0 Å². The van der Waals surface area contributed by atoms with Crippen molar-refractivity contribution in [2.24, 2.45) is 0 Å². The zero-order valence-electron chi connectivity index (χ0n) is 20.8. The first kappa shape index (κ1) is 24.3. The van der Waals surface area contributed by atoms with Crippen LogP contribution in [0.5, 0.6) is 0 Å². The fraction of sp³-hybridized carbons (Fsp3) is 0.500. The fourth-order valence-corrected chi connectivity index (χ4v) is 5.09. The lowest BCUT2D eigenvalue weighted by molar-refractivity contribution is 0.0660. The van der Waals surface area contributed by atoms with Crippen molar-refractivity contribution in [3.63, 3.8) is 0 Å². The van der Waals surface area contributed by atoms with E-state index in [0.717, 1.165) is 69.5 Å². The SMILES string of the molecule is CCc1ccc(C(=O)NC2CCN(c3ccccc3C(=O)N(C)C3CCN(C)CC3)CC2)cc1. The summed E-state index contributed by atoms with van der Waals surface area (Å²) in [6.07, 6.45) is 4.75. The Bertz CT molecular complexity index is 974. The van der Waals surface area contributed by atoms with Crippen LogP contribution in [-0.4, -0.2) is 74.0 Å². The molecule has 6 heteroatoms. The van der Waals surface area contributed by atoms with Crippen LogP contribution in [-0.2, 0) is 6.42 Å². The summed E-state index contributed by atoms with van der Waals surface area (Å²) in [4.78, 5) is 32.7. The van der Waals surface area contributed by atoms with Crippen LogP contribution in [0.3, 0.4) is 0 Å². The zero-order valence-corrected chi connectivity index (χ0v) is 20.8. The summed E-state index contributed by atoms with van der Waals surface area (Å²) >= 11 is 0. The lowest BCUT2D eigenvalue weighted by Crippen LogP contribution is -2.46. The number of rotatable bonds is 6. The van der Waals surface area contributed by atoms with Crippen LogP contribution in [0.4, 0.5) is 5.69 Å². The van der Waals surface area contributed by atoms with Crippen molar-refractivity contribution in [2.75, 3.05) is 45.2 Å². The molecule has 2 fully saturated rings. The highest BCUT2D eigenvalue weighted by molar-refractivity contribution is 6.00. The van der Waals surface area contributed by atoms with Gasteiger partial charge in [-0.3, -0.25) is 9.59 Å². The van der Waals surface area contributed by atoms with E-state index in [0.29, 0.717) is 11.6 Å². The lowest BCUT2D eigenvalue weighted by atomic mass is 10.0. The van der Waals surface area contributed by atoms with Gasteiger partial charge in [-0.05, 0) is 82.1 Å². The third kappa shape index (κ3) is 5.61. The number of benzene rings is 2. The highest BCUT2D eigenvalue weighted by Crippen LogP contribution is 2.27. The smallest absolute Gasteiger partial charge is 0.255 e. The summed E-state index contributed by atoms with van der Waals surface area (Å²) in [5.41, 5.74) is 3.74. The third-order valence-corrected chi connectivity index (χ3v) is 7.49. The Balaban J connectivity index is 1.36. The molecule has 6 nitrogen and oxygen atoms in total. The van der Waals surface area contributed by atoms with Gasteiger partial charge in [-0.2, -0.15) is 0 Å². The molecular weight excluding hydrogens is 424 g/mol. The molecule has 0 radical (unpaired) electrons. The Hall–Kier alpha value is -2.86. The summed E-state index contributed by atoms with van der Waals surface area (Å²) in [6.45, 7) is 5.82. The molecule has 0 unspecified atom stereocenters. The molecule has 2 amide bonds. The van der Waals surface area contributed by atoms with Gasteiger partial charge >= 0.3 is 0 Å². The molecule has 182 valence electrons. The van der Waals surface area contributed by atoms with Crippen LogP contribution in [0, 0.1) is 0 Å². The number of carbonyl (C=O) groups excluding carboxylic acids is 2. The van der Waals surface area contributed by atoms with Gasteiger partial charge in [-0.1, -0.05) is 31.2 Å². The molecule has 2 aliphatic heterocycles. The van der Waals surface area contributed by atoms with Crippen LogP contribution in [0.1, 0.15) is 58.9 Å². The molecular formula is C28H38N4O2. The maximum absolute atomic E-state index is 13.4. The summed E-state index contributed by atoms with van der Waals surface area (Å²) in [6, 6.07) is 16.3. The minimum Gasteiger partial charge on any atom is -0.371 e. The van der Waals surface area contributed by atoms with E-state index in [1.807, 2.05) is 54.4 Å². The largest absolute Gasteiger partial charge is 0.371 e. The monoisotopic (exact) mass is 462 g/mol. The Morgan fingerprint density at radius 3 is 2.24 bits per heavy atom. The van der Waals surface area contributed by atoms with E-state index in [2.05, 4.69) is 35.2 Å². The minimum atomic E-state index is -0.00330. The molecule has 0 bridgehead atoms. The predicted octanol–water partition coefficient (Wildman–Crippen LogP) is 3.81. The quantitative estimate of drug-likeness (QED) is 0.709. The van der Waals surface area contributed by atoms with Crippen LogP contribution in [0.2, 0.25) is 0 Å². The third-order valence-electron chi connectivity index (χ3n) is 7.49. The molecule has 2 aromatic carbocycles. The van der Waals surface area contributed by atoms with Crippen molar-refractivity contribution in [1.82, 2.24) is 15.1 Å². The Kier molecular flexibility index (Phi) is 7.88. The second-order valence-electron chi connectivity index (χ2n) is 9.75. The summed E-state index contributed by atoms with van der Waals surface area (Å²) in [7, 11) is 4.09. The number of piperidine rings is 2. The number of amides is 2. The van der Waals surface area contributed by atoms with E-state index in [-0.39, 0.29) is 17.9 Å². The standard InChI is InChI=1S/C28H38N4O2/c1-4-21-9-11-22(12-10-21)27(33)29-23-13-19-32(20-14-23)26-8-6-5-7-25(26)28(34)31(3)24-15-17-30(2)18-16-24/h5-12,23-24H,4,13-20H2,1-3H3,(H,29,33). The van der Waals surface area contributed by atoms with Crippen LogP contribution < -0.4 is 10.2 Å². The van der Waals surface area contributed by atoms with E-state index in [1.165, 1.54) is 5.56 Å². The first-order valence-electron chi connectivity index (χ1n) is 12.7. The maximum atomic E-state index is 13.4. The number of likely N-dealkylation sites (tertiary alicyclic amines) is 1. The van der Waals surface area contributed by atoms with Gasteiger partial charge in [0.05, 0.1) is 5.56 Å². The molecule has 2 saturated heterocycles. The van der Waals surface area contributed by atoms with E-state index in [1.54, 1.807) is 0 Å².